The van der Waals surface area contributed by atoms with Gasteiger partial charge in [-0.25, -0.2) is 0 Å². The molecule has 3 fully saturated rings. The van der Waals surface area contributed by atoms with Crippen LogP contribution in [0.3, 0.4) is 0 Å². The number of nitrogens with two attached hydrogens (primary N) is 1. The second-order valence-corrected chi connectivity index (χ2v) is 22.6. The number of amides is 8. The Labute approximate surface area is 493 Å². The van der Waals surface area contributed by atoms with Crippen molar-refractivity contribution >= 4 is 57.7 Å². The minimum atomic E-state index is -5.35. The number of unbranched alkanes of at least 4 members (excludes halogenated alkanes) is 4. The van der Waals surface area contributed by atoms with Gasteiger partial charge in [-0.1, -0.05) is 69.9 Å². The van der Waals surface area contributed by atoms with Crippen molar-refractivity contribution in [2.24, 2.45) is 11.7 Å². The van der Waals surface area contributed by atoms with Crippen LogP contribution in [0.1, 0.15) is 94.2 Å². The number of primary amides is 1. The number of carbonyl (C=O) groups excluding carboxylic acids is 8. The Morgan fingerprint density at radius 2 is 1.35 bits per heavy atom. The number of nitrogens with one attached hydrogen (secondary N) is 5. The smallest absolute Gasteiger partial charge is 0.446 e. The molecule has 15 atom stereocenters. The molecule has 31 heteroatoms. The number of hydrogen-bond acceptors (Lipinski definition) is 21. The van der Waals surface area contributed by atoms with E-state index in [1.165, 1.54) is 19.1 Å². The van der Waals surface area contributed by atoms with Crippen molar-refractivity contribution in [2.45, 2.75) is 157 Å². The van der Waals surface area contributed by atoms with Gasteiger partial charge < -0.3 is 97.0 Å². The lowest BCUT2D eigenvalue weighted by molar-refractivity contribution is -0.149. The predicted octanol–water partition coefficient (Wildman–Crippen LogP) is -3.78. The van der Waals surface area contributed by atoms with Crippen LogP contribution in [0.4, 0.5) is 0 Å². The molecule has 0 radical (unpaired) electrons. The van der Waals surface area contributed by atoms with Crippen molar-refractivity contribution < 1.29 is 106 Å². The first-order valence-corrected chi connectivity index (χ1v) is 29.1. The highest BCUT2D eigenvalue weighted by Gasteiger charge is 2.51. The summed E-state index contributed by atoms with van der Waals surface area (Å²) < 4.78 is 42.6. The van der Waals surface area contributed by atoms with Crippen LogP contribution in [0.25, 0.3) is 11.1 Å². The van der Waals surface area contributed by atoms with Crippen LogP contribution in [0.5, 0.6) is 17.2 Å². The number of nitrogens with zero attached hydrogens (tertiary/aromatic N) is 2. The zero-order valence-corrected chi connectivity index (χ0v) is 47.9. The molecule has 0 aliphatic carbocycles. The quantitative estimate of drug-likeness (QED) is 0.0405. The predicted molar refractivity (Wildman–Crippen MR) is 297 cm³/mol. The third kappa shape index (κ3) is 17.3. The molecule has 6 rings (SSSR count). The zero-order valence-electron chi connectivity index (χ0n) is 47.0. The van der Waals surface area contributed by atoms with E-state index in [2.05, 4.69) is 27.1 Å². The third-order valence-corrected chi connectivity index (χ3v) is 15.3. The first-order chi connectivity index (χ1) is 40.5. The van der Waals surface area contributed by atoms with Crippen LogP contribution in [0, 0.1) is 5.92 Å². The van der Waals surface area contributed by atoms with Crippen molar-refractivity contribution in [3.63, 3.8) is 0 Å². The van der Waals surface area contributed by atoms with E-state index in [0.717, 1.165) is 56.7 Å². The minimum absolute atomic E-state index is 0.0467. The second-order valence-electron chi connectivity index (χ2n) is 21.6. The average Bonchev–Trinajstić information content (AvgIpc) is 2.67. The second kappa shape index (κ2) is 29.7. The van der Waals surface area contributed by atoms with Crippen LogP contribution in [-0.4, -0.2) is 215 Å². The molecule has 30 nitrogen and oxygen atoms in total. The Hall–Kier alpha value is -7.59. The van der Waals surface area contributed by atoms with Gasteiger partial charge in [-0.3, -0.25) is 42.9 Å². The standard InChI is InChI=1S/C55H74N8O22S/c1-4-5-6-7-8-19-84-33-16-13-29(14-17-33)28-9-11-30(12-10-28)48(73)57-34-22-38(68)51(76)61-53(78)44-45(70)26(2)24-63(44)55(80)42(37(67)23-40(56)69)59-52(77)43(47(72)46(71)31-15-18-36(66)39(20-31)85-86(81,82)83)60-50(75)35-21-32(65)25-62(35)54(79)41(27(3)64)58-49(34)74/h9-18,20,26-27,32,34-35,37-38,41-47,51,64-68,70-72,76H,4-8,19,21-25H2,1-3H3,(H2,56,69)(H,57,73)(H,58,74)(H,59,77)(H,60,75)(H,61,78)(H,81,82,83)/t26-,27+,32+,34+,35-,37+,38+,41?,42-,43-,44-,45-,46-,47-,51+/m0/s1. The summed E-state index contributed by atoms with van der Waals surface area (Å²) in [6, 6.07) is 2.39. The van der Waals surface area contributed by atoms with Gasteiger partial charge in [0.05, 0.1) is 37.4 Å². The summed E-state index contributed by atoms with van der Waals surface area (Å²) in [5.74, 6) is -13.1. The third-order valence-electron chi connectivity index (χ3n) is 14.9. The van der Waals surface area contributed by atoms with Crippen LogP contribution < -0.4 is 41.2 Å². The van der Waals surface area contributed by atoms with Crippen molar-refractivity contribution in [3.05, 3.63) is 77.9 Å². The summed E-state index contributed by atoms with van der Waals surface area (Å²) in [6.45, 7) is 3.81. The molecule has 86 heavy (non-hydrogen) atoms. The number of phenolic OH excluding ortho intramolecular Hbond substituents is 1. The van der Waals surface area contributed by atoms with E-state index in [1.807, 2.05) is 22.8 Å². The zero-order chi connectivity index (χ0) is 63.5. The molecule has 17 N–H and O–H groups in total. The van der Waals surface area contributed by atoms with Crippen molar-refractivity contribution in [1.82, 2.24) is 36.4 Å². The largest absolute Gasteiger partial charge is 0.504 e. The molecule has 3 aliphatic rings. The number of aliphatic hydroxyl groups excluding tert-OH is 8. The SMILES string of the molecule is CCCCCCCOc1ccc(-c2ccc(C(=O)N[C@@H]3C[C@@H](O)[C@@H](O)NC(=O)[C@@H]4[C@@H](O)[C@@H](C)CN4C(=O)[C@H]([C@H](O)CC(N)=O)NC(=O)[C@H]([C@H](O)[C@@H](O)c4ccc(O)c(OS(=O)(=O)O)c4)NC(=O)[C@@H]4C[C@@H](O)CN4C(=O)C([C@@H](C)O)NC3=O)cc2)cc1. The van der Waals surface area contributed by atoms with Crippen LogP contribution in [0.15, 0.2) is 66.7 Å². The van der Waals surface area contributed by atoms with Gasteiger partial charge in [0.2, 0.25) is 41.4 Å². The van der Waals surface area contributed by atoms with Crippen LogP contribution in [-0.2, 0) is 44.0 Å². The molecular weight excluding hydrogens is 1160 g/mol. The van der Waals surface area contributed by atoms with Gasteiger partial charge in [-0.2, -0.15) is 8.42 Å². The number of carbonyl (C=O) groups is 8. The number of ether oxygens (including phenoxy) is 1. The van der Waals surface area contributed by atoms with E-state index in [4.69, 9.17) is 10.5 Å². The van der Waals surface area contributed by atoms with Gasteiger partial charge >= 0.3 is 10.4 Å². The van der Waals surface area contributed by atoms with E-state index >= 15 is 0 Å². The number of rotatable bonds is 19. The molecule has 1 unspecified atom stereocenters. The van der Waals surface area contributed by atoms with Crippen molar-refractivity contribution in [2.75, 3.05) is 19.7 Å². The fraction of sp³-hybridized carbons (Fsp3) is 0.527. The van der Waals surface area contributed by atoms with Gasteiger partial charge in [0, 0.05) is 37.4 Å². The Kier molecular flexibility index (Phi) is 23.3. The van der Waals surface area contributed by atoms with Crippen molar-refractivity contribution in [3.8, 4) is 28.4 Å². The Balaban J connectivity index is 1.37. The lowest BCUT2D eigenvalue weighted by Crippen LogP contribution is -2.64. The van der Waals surface area contributed by atoms with Gasteiger partial charge in [-0.15, -0.1) is 0 Å². The maximum absolute atomic E-state index is 14.7. The van der Waals surface area contributed by atoms with E-state index < -0.39 is 198 Å². The van der Waals surface area contributed by atoms with E-state index in [1.54, 1.807) is 24.3 Å². The molecule has 0 bridgehead atoms. The molecule has 3 heterocycles. The fourth-order valence-corrected chi connectivity index (χ4v) is 10.6. The first-order valence-electron chi connectivity index (χ1n) is 27.7. The molecule has 3 saturated heterocycles. The molecule has 3 aliphatic heterocycles. The molecule has 472 valence electrons. The number of hydrogen-bond donors (Lipinski definition) is 16. The molecule has 0 spiro atoms. The summed E-state index contributed by atoms with van der Waals surface area (Å²) in [5, 5.41) is 112. The highest BCUT2D eigenvalue weighted by atomic mass is 32.3. The number of aliphatic hydroxyl groups is 8. The monoisotopic (exact) mass is 1230 g/mol. The van der Waals surface area contributed by atoms with E-state index in [-0.39, 0.29) is 5.56 Å². The average molecular weight is 1230 g/mol. The van der Waals surface area contributed by atoms with Gasteiger partial charge in [-0.05, 0) is 66.4 Å². The van der Waals surface area contributed by atoms with Crippen LogP contribution >= 0.6 is 0 Å². The maximum Gasteiger partial charge on any atom is 0.446 e. The minimum Gasteiger partial charge on any atom is -0.504 e. The topological polar surface area (TPSA) is 484 Å². The maximum atomic E-state index is 14.7. The molecule has 8 amide bonds. The molecular formula is C55H74N8O22S. The molecule has 0 saturated carbocycles. The number of phenols is 1. The van der Waals surface area contributed by atoms with Gasteiger partial charge in [0.15, 0.2) is 17.7 Å². The Bertz CT molecular complexity index is 3030. The highest BCUT2D eigenvalue weighted by Crippen LogP contribution is 2.33. The summed E-state index contributed by atoms with van der Waals surface area (Å²) in [6.07, 6.45) is -14.7. The lowest BCUT2D eigenvalue weighted by atomic mass is 9.96. The lowest BCUT2D eigenvalue weighted by Gasteiger charge is -2.34. The number of benzene rings is 3. The summed E-state index contributed by atoms with van der Waals surface area (Å²) >= 11 is 0. The van der Waals surface area contributed by atoms with Crippen molar-refractivity contribution in [1.29, 1.82) is 0 Å². The Morgan fingerprint density at radius 3 is 1.97 bits per heavy atom. The van der Waals surface area contributed by atoms with E-state index in [9.17, 15) is 97.3 Å². The van der Waals surface area contributed by atoms with Gasteiger partial charge in [0.1, 0.15) is 60.3 Å². The number of aromatic hydroxyl groups is 1. The first kappa shape index (κ1) is 67.5. The summed E-state index contributed by atoms with van der Waals surface area (Å²) in [7, 11) is -5.35. The molecule has 3 aromatic rings. The van der Waals surface area contributed by atoms with Gasteiger partial charge in [0.25, 0.3) is 5.91 Å². The van der Waals surface area contributed by atoms with Crippen LogP contribution in [0.2, 0.25) is 0 Å². The summed E-state index contributed by atoms with van der Waals surface area (Å²) in [4.78, 5) is 114. The number of fused-ring (bicyclic) bond motifs is 2. The van der Waals surface area contributed by atoms with E-state index in [0.29, 0.717) is 33.8 Å². The Morgan fingerprint density at radius 1 is 0.744 bits per heavy atom. The molecule has 3 aromatic carbocycles. The molecule has 0 aromatic heterocycles. The summed E-state index contributed by atoms with van der Waals surface area (Å²) in [5.41, 5.74) is 6.13. The normalized spacial score (nSPS) is 27.0. The highest BCUT2D eigenvalue weighted by molar-refractivity contribution is 7.81. The fourth-order valence-electron chi connectivity index (χ4n) is 10.2.